The van der Waals surface area contributed by atoms with Gasteiger partial charge >= 0.3 is 0 Å². The maximum Gasteiger partial charge on any atom is 0.139 e. The molecule has 14 heavy (non-hydrogen) atoms. The lowest BCUT2D eigenvalue weighted by Gasteiger charge is -2.40. The summed E-state index contributed by atoms with van der Waals surface area (Å²) in [7, 11) is 0. The van der Waals surface area contributed by atoms with Crippen molar-refractivity contribution in [1.29, 1.82) is 0 Å². The van der Waals surface area contributed by atoms with Crippen LogP contribution in [-0.4, -0.2) is 43.4 Å². The molecule has 0 saturated carbocycles. The van der Waals surface area contributed by atoms with Gasteiger partial charge in [-0.05, 0) is 38.3 Å². The molecule has 0 bridgehead atoms. The van der Waals surface area contributed by atoms with Crippen molar-refractivity contribution in [2.45, 2.75) is 38.4 Å². The van der Waals surface area contributed by atoms with E-state index >= 15 is 0 Å². The highest BCUT2D eigenvalue weighted by molar-refractivity contribution is 4.84. The summed E-state index contributed by atoms with van der Waals surface area (Å²) in [4.78, 5) is 2.33. The van der Waals surface area contributed by atoms with Crippen LogP contribution in [0.1, 0.15) is 26.2 Å². The first-order chi connectivity index (χ1) is 6.77. The Kier molecular flexibility index (Phi) is 3.39. The molecule has 0 unspecified atom stereocenters. The monoisotopic (exact) mass is 201 g/mol. The molecule has 2 aliphatic rings. The average Bonchev–Trinajstić information content (AvgIpc) is 2.20. The summed E-state index contributed by atoms with van der Waals surface area (Å²) in [6.07, 6.45) is 2.56. The third-order valence-corrected chi connectivity index (χ3v) is 3.54. The van der Waals surface area contributed by atoms with Crippen molar-refractivity contribution >= 4 is 0 Å². The smallest absolute Gasteiger partial charge is 0.139 e. The minimum absolute atomic E-state index is 0.135. The third-order valence-electron chi connectivity index (χ3n) is 3.54. The van der Waals surface area contributed by atoms with Crippen LogP contribution in [-0.2, 0) is 4.74 Å². The number of hydrogen-bond donors (Lipinski definition) is 0. The second-order valence-corrected chi connectivity index (χ2v) is 4.67. The minimum atomic E-state index is -0.767. The van der Waals surface area contributed by atoms with Crippen LogP contribution in [0.4, 0.5) is 4.39 Å². The first kappa shape index (κ1) is 10.4. The number of alkyl halides is 1. The largest absolute Gasteiger partial charge is 0.378 e. The lowest BCUT2D eigenvalue weighted by molar-refractivity contribution is -0.0357. The summed E-state index contributed by atoms with van der Waals surface area (Å²) in [5.41, 5.74) is 0. The van der Waals surface area contributed by atoms with Crippen LogP contribution in [0.2, 0.25) is 0 Å². The van der Waals surface area contributed by atoms with Crippen LogP contribution in [0.3, 0.4) is 0 Å². The van der Waals surface area contributed by atoms with Crippen molar-refractivity contribution in [1.82, 2.24) is 4.90 Å². The van der Waals surface area contributed by atoms with E-state index in [2.05, 4.69) is 11.8 Å². The number of piperidine rings is 1. The molecular formula is C11H20FNO. The lowest BCUT2D eigenvalue weighted by atomic mass is 9.95. The predicted octanol–water partition coefficient (Wildman–Crippen LogP) is 1.85. The van der Waals surface area contributed by atoms with E-state index in [1.165, 1.54) is 12.8 Å². The Labute approximate surface area is 85.4 Å². The summed E-state index contributed by atoms with van der Waals surface area (Å²) in [5, 5.41) is 0. The van der Waals surface area contributed by atoms with Crippen molar-refractivity contribution in [2.75, 3.05) is 26.3 Å². The maximum atomic E-state index is 13.6. The van der Waals surface area contributed by atoms with Gasteiger partial charge in [0.05, 0.1) is 6.61 Å². The van der Waals surface area contributed by atoms with Crippen molar-refractivity contribution in [3.63, 3.8) is 0 Å². The van der Waals surface area contributed by atoms with Crippen molar-refractivity contribution < 1.29 is 9.13 Å². The lowest BCUT2D eigenvalue weighted by Crippen LogP contribution is -2.49. The van der Waals surface area contributed by atoms with Crippen molar-refractivity contribution in [3.05, 3.63) is 0 Å². The standard InChI is InChI=1S/C11H20FNO/c1-9-2-5-13(6-3-9)11-4-7-14-8-10(11)12/h9-11H,2-8H2,1H3/t10-,11+/m0/s1. The van der Waals surface area contributed by atoms with E-state index in [1.807, 2.05) is 0 Å². The van der Waals surface area contributed by atoms with E-state index in [9.17, 15) is 4.39 Å². The number of ether oxygens (including phenoxy) is 1. The van der Waals surface area contributed by atoms with Crippen LogP contribution < -0.4 is 0 Å². The minimum Gasteiger partial charge on any atom is -0.378 e. The van der Waals surface area contributed by atoms with Crippen molar-refractivity contribution in [2.24, 2.45) is 5.92 Å². The molecule has 2 fully saturated rings. The molecule has 2 rings (SSSR count). The molecule has 0 radical (unpaired) electrons. The van der Waals surface area contributed by atoms with Gasteiger partial charge in [0, 0.05) is 12.6 Å². The fourth-order valence-electron chi connectivity index (χ4n) is 2.46. The zero-order valence-corrected chi connectivity index (χ0v) is 8.92. The van der Waals surface area contributed by atoms with Gasteiger partial charge in [0.2, 0.25) is 0 Å². The highest BCUT2D eigenvalue weighted by atomic mass is 19.1. The highest BCUT2D eigenvalue weighted by Crippen LogP contribution is 2.24. The van der Waals surface area contributed by atoms with Crippen LogP contribution in [0.25, 0.3) is 0 Å². The molecule has 82 valence electrons. The molecule has 2 atom stereocenters. The van der Waals surface area contributed by atoms with Gasteiger partial charge in [-0.1, -0.05) is 6.92 Å². The van der Waals surface area contributed by atoms with Crippen LogP contribution >= 0.6 is 0 Å². The third kappa shape index (κ3) is 2.26. The van der Waals surface area contributed by atoms with Gasteiger partial charge in [-0.25, -0.2) is 4.39 Å². The summed E-state index contributed by atoms with van der Waals surface area (Å²) in [6.45, 7) is 5.47. The molecule has 2 heterocycles. The quantitative estimate of drug-likeness (QED) is 0.642. The summed E-state index contributed by atoms with van der Waals surface area (Å²) < 4.78 is 18.7. The normalized spacial score (nSPS) is 37.3. The molecular weight excluding hydrogens is 181 g/mol. The fraction of sp³-hybridized carbons (Fsp3) is 1.00. The molecule has 2 nitrogen and oxygen atoms in total. The number of nitrogens with zero attached hydrogens (tertiary/aromatic N) is 1. The number of halogens is 1. The van der Waals surface area contributed by atoms with Crippen molar-refractivity contribution in [3.8, 4) is 0 Å². The van der Waals surface area contributed by atoms with E-state index in [-0.39, 0.29) is 6.04 Å². The van der Waals surface area contributed by atoms with Gasteiger partial charge in [0.15, 0.2) is 0 Å². The van der Waals surface area contributed by atoms with Crippen LogP contribution in [0.15, 0.2) is 0 Å². The summed E-state index contributed by atoms with van der Waals surface area (Å²) >= 11 is 0. The van der Waals surface area contributed by atoms with E-state index < -0.39 is 6.17 Å². The van der Waals surface area contributed by atoms with Crippen LogP contribution in [0.5, 0.6) is 0 Å². The van der Waals surface area contributed by atoms with E-state index in [4.69, 9.17) is 4.74 Å². The number of likely N-dealkylation sites (tertiary alicyclic amines) is 1. The predicted molar refractivity (Wildman–Crippen MR) is 54.1 cm³/mol. The first-order valence-electron chi connectivity index (χ1n) is 5.73. The van der Waals surface area contributed by atoms with E-state index in [1.54, 1.807) is 0 Å². The molecule has 0 amide bonds. The Morgan fingerprint density at radius 1 is 1.21 bits per heavy atom. The molecule has 0 aliphatic carbocycles. The Balaban J connectivity index is 1.87. The zero-order chi connectivity index (χ0) is 9.97. The molecule has 0 spiro atoms. The molecule has 0 aromatic heterocycles. The van der Waals surface area contributed by atoms with Gasteiger partial charge in [-0.3, -0.25) is 4.90 Å². The Hall–Kier alpha value is -0.150. The van der Waals surface area contributed by atoms with E-state index in [0.29, 0.717) is 6.61 Å². The Morgan fingerprint density at radius 2 is 1.93 bits per heavy atom. The summed E-state index contributed by atoms with van der Waals surface area (Å²) in [5.74, 6) is 0.823. The molecule has 2 aliphatic heterocycles. The van der Waals surface area contributed by atoms with Gasteiger partial charge in [0.1, 0.15) is 6.17 Å². The average molecular weight is 201 g/mol. The number of rotatable bonds is 1. The Morgan fingerprint density at radius 3 is 2.57 bits per heavy atom. The van der Waals surface area contributed by atoms with Crippen LogP contribution in [0, 0.1) is 5.92 Å². The van der Waals surface area contributed by atoms with Gasteiger partial charge < -0.3 is 4.74 Å². The molecule has 0 N–H and O–H groups in total. The fourth-order valence-corrected chi connectivity index (χ4v) is 2.46. The Bertz CT molecular complexity index is 180. The van der Waals surface area contributed by atoms with Gasteiger partial charge in [0.25, 0.3) is 0 Å². The zero-order valence-electron chi connectivity index (χ0n) is 8.92. The topological polar surface area (TPSA) is 12.5 Å². The second-order valence-electron chi connectivity index (χ2n) is 4.67. The summed E-state index contributed by atoms with van der Waals surface area (Å²) in [6, 6.07) is 0.135. The molecule has 3 heteroatoms. The second kappa shape index (κ2) is 4.58. The highest BCUT2D eigenvalue weighted by Gasteiger charge is 2.32. The van der Waals surface area contributed by atoms with E-state index in [0.717, 1.165) is 32.0 Å². The molecule has 0 aromatic carbocycles. The number of hydrogen-bond acceptors (Lipinski definition) is 2. The molecule has 0 aromatic rings. The molecule has 2 saturated heterocycles. The first-order valence-corrected chi connectivity index (χ1v) is 5.73. The SMILES string of the molecule is CC1CCN([C@@H]2CCOC[C@@H]2F)CC1. The van der Waals surface area contributed by atoms with Gasteiger partial charge in [-0.15, -0.1) is 0 Å². The maximum absolute atomic E-state index is 13.6. The van der Waals surface area contributed by atoms with Gasteiger partial charge in [-0.2, -0.15) is 0 Å².